The average molecular weight is 328 g/mol. The summed E-state index contributed by atoms with van der Waals surface area (Å²) in [4.78, 5) is 0. The molecule has 0 aliphatic carbocycles. The number of nitrogens with one attached hydrogen (secondary N) is 1. The van der Waals surface area contributed by atoms with Crippen LogP contribution in [0.25, 0.3) is 0 Å². The number of hydrogen-bond donors (Lipinski definition) is 1. The zero-order valence-electron chi connectivity index (χ0n) is 11.0. The number of para-hydroxylation sites is 1. The highest BCUT2D eigenvalue weighted by Gasteiger charge is 2.32. The van der Waals surface area contributed by atoms with Crippen molar-refractivity contribution in [2.45, 2.75) is 25.5 Å². The van der Waals surface area contributed by atoms with Crippen LogP contribution in [0.15, 0.2) is 30.3 Å². The number of rotatable bonds is 4. The molecule has 106 valence electrons. The molecule has 2 aromatic rings. The monoisotopic (exact) mass is 327 g/mol. The summed E-state index contributed by atoms with van der Waals surface area (Å²) in [5, 5.41) is 3.47. The van der Waals surface area contributed by atoms with Crippen LogP contribution in [-0.2, 0) is 6.42 Å². The van der Waals surface area contributed by atoms with E-state index in [1.54, 1.807) is 0 Å². The van der Waals surface area contributed by atoms with Crippen LogP contribution in [0.4, 0.5) is 0 Å². The first-order valence-corrected chi connectivity index (χ1v) is 8.19. The largest absolute Gasteiger partial charge is 0.488 e. The fourth-order valence-corrected chi connectivity index (χ4v) is 4.17. The third-order valence-electron chi connectivity index (χ3n) is 3.49. The van der Waals surface area contributed by atoms with Gasteiger partial charge in [0.25, 0.3) is 0 Å². The zero-order valence-corrected chi connectivity index (χ0v) is 13.4. The summed E-state index contributed by atoms with van der Waals surface area (Å²) in [7, 11) is 0. The second kappa shape index (κ2) is 5.94. The minimum absolute atomic E-state index is 0.0514. The number of hydrogen-bond acceptors (Lipinski definition) is 3. The van der Waals surface area contributed by atoms with Crippen molar-refractivity contribution in [2.75, 3.05) is 6.54 Å². The SMILES string of the molecule is CCNC(c1cc(Cl)sc1Cl)C1Cc2ccccc2O1. The van der Waals surface area contributed by atoms with Gasteiger partial charge in [-0.05, 0) is 24.2 Å². The zero-order chi connectivity index (χ0) is 14.1. The number of ether oxygens (including phenoxy) is 1. The van der Waals surface area contributed by atoms with Gasteiger partial charge in [0.15, 0.2) is 0 Å². The van der Waals surface area contributed by atoms with Crippen LogP contribution in [-0.4, -0.2) is 12.6 Å². The number of halogens is 2. The molecule has 1 N–H and O–H groups in total. The maximum absolute atomic E-state index is 6.30. The Morgan fingerprint density at radius 2 is 2.20 bits per heavy atom. The Morgan fingerprint density at radius 3 is 2.85 bits per heavy atom. The van der Waals surface area contributed by atoms with E-state index in [1.165, 1.54) is 16.9 Å². The van der Waals surface area contributed by atoms with Crippen LogP contribution in [0.3, 0.4) is 0 Å². The summed E-state index contributed by atoms with van der Waals surface area (Å²) in [5.41, 5.74) is 2.28. The molecule has 1 aromatic carbocycles. The fraction of sp³-hybridized carbons (Fsp3) is 0.333. The van der Waals surface area contributed by atoms with Crippen molar-refractivity contribution in [1.82, 2.24) is 5.32 Å². The van der Waals surface area contributed by atoms with Crippen molar-refractivity contribution < 1.29 is 4.74 Å². The minimum Gasteiger partial charge on any atom is -0.488 e. The van der Waals surface area contributed by atoms with Gasteiger partial charge in [0, 0.05) is 12.0 Å². The molecule has 0 fully saturated rings. The molecule has 0 saturated heterocycles. The van der Waals surface area contributed by atoms with E-state index in [0.717, 1.165) is 28.6 Å². The summed E-state index contributed by atoms with van der Waals surface area (Å²) < 4.78 is 7.53. The maximum atomic E-state index is 6.30. The molecular formula is C15H15Cl2NOS. The Balaban J connectivity index is 1.88. The molecule has 3 rings (SSSR count). The third-order valence-corrected chi connectivity index (χ3v) is 5.00. The lowest BCUT2D eigenvalue weighted by Gasteiger charge is -2.24. The van der Waals surface area contributed by atoms with E-state index in [1.807, 2.05) is 24.3 Å². The number of likely N-dealkylation sites (N-methyl/N-ethyl adjacent to an activating group) is 1. The van der Waals surface area contributed by atoms with Gasteiger partial charge in [-0.2, -0.15) is 0 Å². The van der Waals surface area contributed by atoms with Gasteiger partial charge >= 0.3 is 0 Å². The Bertz CT molecular complexity index is 589. The van der Waals surface area contributed by atoms with E-state index in [9.17, 15) is 0 Å². The molecule has 2 heterocycles. The Labute approximate surface area is 132 Å². The van der Waals surface area contributed by atoms with Gasteiger partial charge in [-0.3, -0.25) is 0 Å². The molecular weight excluding hydrogens is 313 g/mol. The van der Waals surface area contributed by atoms with E-state index >= 15 is 0 Å². The second-order valence-corrected chi connectivity index (χ2v) is 7.07. The predicted octanol–water partition coefficient (Wildman–Crippen LogP) is 4.71. The predicted molar refractivity (Wildman–Crippen MR) is 85.3 cm³/mol. The van der Waals surface area contributed by atoms with Gasteiger partial charge in [-0.25, -0.2) is 0 Å². The smallest absolute Gasteiger partial charge is 0.123 e. The van der Waals surface area contributed by atoms with E-state index < -0.39 is 0 Å². The van der Waals surface area contributed by atoms with Crippen molar-refractivity contribution in [3.63, 3.8) is 0 Å². The summed E-state index contributed by atoms with van der Waals surface area (Å²) in [6, 6.07) is 10.2. The van der Waals surface area contributed by atoms with Gasteiger partial charge in [0.1, 0.15) is 11.9 Å². The lowest BCUT2D eigenvalue weighted by Crippen LogP contribution is -2.34. The summed E-state index contributed by atoms with van der Waals surface area (Å²) >= 11 is 13.8. The highest BCUT2D eigenvalue weighted by molar-refractivity contribution is 7.20. The molecule has 20 heavy (non-hydrogen) atoms. The number of benzene rings is 1. The molecule has 0 radical (unpaired) electrons. The summed E-state index contributed by atoms with van der Waals surface area (Å²) in [6.45, 7) is 2.93. The van der Waals surface area contributed by atoms with Gasteiger partial charge in [-0.15, -0.1) is 11.3 Å². The first kappa shape index (κ1) is 14.2. The van der Waals surface area contributed by atoms with Crippen LogP contribution in [0.1, 0.15) is 24.1 Å². The molecule has 1 aliphatic heterocycles. The Hall–Kier alpha value is -0.740. The first-order valence-electron chi connectivity index (χ1n) is 6.61. The standard InChI is InChI=1S/C15H15Cl2NOS/c1-2-18-14(10-8-13(16)20-15(10)17)12-7-9-5-3-4-6-11(9)19-12/h3-6,8,12,14,18H,2,7H2,1H3. The summed E-state index contributed by atoms with van der Waals surface area (Å²) in [6.07, 6.45) is 0.938. The van der Waals surface area contributed by atoms with Crippen LogP contribution in [0, 0.1) is 0 Å². The molecule has 0 saturated carbocycles. The van der Waals surface area contributed by atoms with Gasteiger partial charge in [-0.1, -0.05) is 48.3 Å². The molecule has 1 aromatic heterocycles. The molecule has 2 unspecified atom stereocenters. The highest BCUT2D eigenvalue weighted by atomic mass is 35.5. The van der Waals surface area contributed by atoms with Crippen molar-refractivity contribution in [3.05, 3.63) is 50.1 Å². The lowest BCUT2D eigenvalue weighted by atomic mass is 10.00. The van der Waals surface area contributed by atoms with Crippen molar-refractivity contribution in [3.8, 4) is 5.75 Å². The quantitative estimate of drug-likeness (QED) is 0.878. The molecule has 2 atom stereocenters. The van der Waals surface area contributed by atoms with Crippen LogP contribution in [0.2, 0.25) is 8.67 Å². The number of fused-ring (bicyclic) bond motifs is 1. The Morgan fingerprint density at radius 1 is 1.40 bits per heavy atom. The van der Waals surface area contributed by atoms with Crippen LogP contribution < -0.4 is 10.1 Å². The van der Waals surface area contributed by atoms with Crippen molar-refractivity contribution >= 4 is 34.5 Å². The minimum atomic E-state index is 0.0514. The second-order valence-electron chi connectivity index (χ2n) is 4.78. The lowest BCUT2D eigenvalue weighted by molar-refractivity contribution is 0.180. The van der Waals surface area contributed by atoms with E-state index in [0.29, 0.717) is 4.34 Å². The Kier molecular flexibility index (Phi) is 4.22. The summed E-state index contributed by atoms with van der Waals surface area (Å²) in [5.74, 6) is 0.970. The molecule has 2 nitrogen and oxygen atoms in total. The number of thiophene rings is 1. The highest BCUT2D eigenvalue weighted by Crippen LogP contribution is 2.40. The topological polar surface area (TPSA) is 21.3 Å². The fourth-order valence-electron chi connectivity index (χ4n) is 2.62. The third kappa shape index (κ3) is 2.68. The van der Waals surface area contributed by atoms with Gasteiger partial charge in [0.2, 0.25) is 0 Å². The average Bonchev–Trinajstić information content (AvgIpc) is 2.99. The molecule has 5 heteroatoms. The van der Waals surface area contributed by atoms with E-state index in [4.69, 9.17) is 27.9 Å². The van der Waals surface area contributed by atoms with Crippen molar-refractivity contribution in [1.29, 1.82) is 0 Å². The van der Waals surface area contributed by atoms with Gasteiger partial charge < -0.3 is 10.1 Å². The maximum Gasteiger partial charge on any atom is 0.123 e. The normalized spacial score (nSPS) is 18.6. The molecule has 0 amide bonds. The van der Waals surface area contributed by atoms with Crippen LogP contribution in [0.5, 0.6) is 5.75 Å². The molecule has 0 spiro atoms. The molecule has 0 bridgehead atoms. The van der Waals surface area contributed by atoms with Crippen LogP contribution >= 0.6 is 34.5 Å². The van der Waals surface area contributed by atoms with Gasteiger partial charge in [0.05, 0.1) is 14.7 Å². The van der Waals surface area contributed by atoms with E-state index in [-0.39, 0.29) is 12.1 Å². The van der Waals surface area contributed by atoms with E-state index in [2.05, 4.69) is 18.3 Å². The first-order chi connectivity index (χ1) is 9.69. The van der Waals surface area contributed by atoms with Crippen molar-refractivity contribution in [2.24, 2.45) is 0 Å². The molecule has 1 aliphatic rings.